The highest BCUT2D eigenvalue weighted by molar-refractivity contribution is 6.43. The molecular weight excluding hydrogens is 386 g/mol. The fraction of sp³-hybridized carbons (Fsp3) is 0.364. The quantitative estimate of drug-likeness (QED) is 0.378. The van der Waals surface area contributed by atoms with Gasteiger partial charge in [-0.2, -0.15) is 0 Å². The highest BCUT2D eigenvalue weighted by Crippen LogP contribution is 2.28. The van der Waals surface area contributed by atoms with Gasteiger partial charge in [0.1, 0.15) is 25.7 Å². The molecule has 0 spiro atoms. The number of rotatable bonds is 7. The number of hydrogen-bond donors (Lipinski definition) is 0. The van der Waals surface area contributed by atoms with Gasteiger partial charge in [-0.15, -0.1) is 0 Å². The van der Waals surface area contributed by atoms with Crippen LogP contribution < -0.4 is 4.74 Å². The van der Waals surface area contributed by atoms with Crippen molar-refractivity contribution in [1.82, 2.24) is 4.98 Å². The summed E-state index contributed by atoms with van der Waals surface area (Å²) in [6, 6.07) is 8.88. The van der Waals surface area contributed by atoms with Crippen molar-refractivity contribution in [2.45, 2.75) is 34.6 Å². The van der Waals surface area contributed by atoms with Gasteiger partial charge in [0.15, 0.2) is 5.71 Å². The minimum atomic E-state index is -0.643. The lowest BCUT2D eigenvalue weighted by molar-refractivity contribution is -0.132. The third-order valence-electron chi connectivity index (χ3n) is 3.84. The number of pyridine rings is 1. The number of carbonyl (C=O) groups excluding carboxylic acids is 1. The second kappa shape index (κ2) is 12.2. The van der Waals surface area contributed by atoms with Crippen LogP contribution in [0, 0.1) is 13.8 Å². The minimum Gasteiger partial charge on any atom is -0.464 e. The SMILES string of the molecule is CC.CO/N=C(/C)c1nc(Oc2ccccc2/C(=N\OC)C(=O)OC)c(C)cc1C. The number of esters is 1. The fourth-order valence-electron chi connectivity index (χ4n) is 2.62. The predicted molar refractivity (Wildman–Crippen MR) is 116 cm³/mol. The Kier molecular flexibility index (Phi) is 10.0. The van der Waals surface area contributed by atoms with E-state index in [1.54, 1.807) is 31.2 Å². The molecule has 1 aromatic carbocycles. The van der Waals surface area contributed by atoms with Crippen LogP contribution in [-0.4, -0.2) is 43.7 Å². The van der Waals surface area contributed by atoms with E-state index in [9.17, 15) is 4.79 Å². The molecule has 162 valence electrons. The molecule has 0 fully saturated rings. The number of carbonyl (C=O) groups is 1. The molecule has 0 aliphatic carbocycles. The van der Waals surface area contributed by atoms with E-state index in [1.165, 1.54) is 21.3 Å². The van der Waals surface area contributed by atoms with Gasteiger partial charge in [-0.25, -0.2) is 9.78 Å². The Balaban J connectivity index is 0.00000218. The first-order valence-electron chi connectivity index (χ1n) is 9.46. The van der Waals surface area contributed by atoms with Crippen molar-refractivity contribution in [1.29, 1.82) is 0 Å². The van der Waals surface area contributed by atoms with E-state index in [2.05, 4.69) is 15.3 Å². The first-order valence-corrected chi connectivity index (χ1v) is 9.46. The highest BCUT2D eigenvalue weighted by Gasteiger charge is 2.21. The summed E-state index contributed by atoms with van der Waals surface area (Å²) in [5.74, 6) is 0.117. The normalized spacial score (nSPS) is 11.2. The van der Waals surface area contributed by atoms with E-state index in [4.69, 9.17) is 19.1 Å². The van der Waals surface area contributed by atoms with Crippen LogP contribution in [0.5, 0.6) is 11.6 Å². The molecule has 0 saturated carbocycles. The molecule has 30 heavy (non-hydrogen) atoms. The molecule has 0 aliphatic rings. The van der Waals surface area contributed by atoms with Gasteiger partial charge in [0.2, 0.25) is 5.88 Å². The molecule has 0 saturated heterocycles. The molecule has 8 heteroatoms. The molecule has 0 amide bonds. The smallest absolute Gasteiger partial charge is 0.360 e. The molecule has 1 aromatic heterocycles. The predicted octanol–water partition coefficient (Wildman–Crippen LogP) is 4.41. The maximum Gasteiger partial charge on any atom is 0.360 e. The molecule has 0 unspecified atom stereocenters. The second-order valence-corrected chi connectivity index (χ2v) is 5.85. The van der Waals surface area contributed by atoms with Crippen molar-refractivity contribution in [2.75, 3.05) is 21.3 Å². The van der Waals surface area contributed by atoms with E-state index in [-0.39, 0.29) is 5.71 Å². The number of oxime groups is 2. The van der Waals surface area contributed by atoms with Gasteiger partial charge >= 0.3 is 5.97 Å². The lowest BCUT2D eigenvalue weighted by atomic mass is 10.1. The maximum absolute atomic E-state index is 12.1. The van der Waals surface area contributed by atoms with E-state index >= 15 is 0 Å². The van der Waals surface area contributed by atoms with E-state index in [0.29, 0.717) is 28.6 Å². The van der Waals surface area contributed by atoms with E-state index in [1.807, 2.05) is 33.8 Å². The Morgan fingerprint density at radius 1 is 0.967 bits per heavy atom. The summed E-state index contributed by atoms with van der Waals surface area (Å²) in [5, 5.41) is 7.72. The Labute approximate surface area is 177 Å². The van der Waals surface area contributed by atoms with Gasteiger partial charge in [-0.05, 0) is 44.5 Å². The molecule has 8 nitrogen and oxygen atoms in total. The zero-order valence-corrected chi connectivity index (χ0v) is 18.8. The minimum absolute atomic E-state index is 0.0114. The first kappa shape index (κ1) is 24.6. The maximum atomic E-state index is 12.1. The van der Waals surface area contributed by atoms with Gasteiger partial charge in [0.05, 0.1) is 18.4 Å². The third-order valence-corrected chi connectivity index (χ3v) is 3.84. The highest BCUT2D eigenvalue weighted by atomic mass is 16.6. The number of para-hydroxylation sites is 1. The summed E-state index contributed by atoms with van der Waals surface area (Å²) in [6.45, 7) is 9.61. The number of aryl methyl sites for hydroxylation is 2. The number of nitrogens with zero attached hydrogens (tertiary/aromatic N) is 3. The van der Waals surface area contributed by atoms with Crippen LogP contribution >= 0.6 is 0 Å². The van der Waals surface area contributed by atoms with Crippen molar-refractivity contribution in [3.05, 3.63) is 52.7 Å². The average Bonchev–Trinajstić information content (AvgIpc) is 2.75. The zero-order valence-electron chi connectivity index (χ0n) is 18.8. The number of hydrogen-bond acceptors (Lipinski definition) is 8. The monoisotopic (exact) mass is 415 g/mol. The fourth-order valence-corrected chi connectivity index (χ4v) is 2.62. The van der Waals surface area contributed by atoms with Crippen molar-refractivity contribution in [3.63, 3.8) is 0 Å². The Morgan fingerprint density at radius 3 is 2.20 bits per heavy atom. The molecule has 1 heterocycles. The first-order chi connectivity index (χ1) is 14.4. The summed E-state index contributed by atoms with van der Waals surface area (Å²) in [6.07, 6.45) is 0. The van der Waals surface area contributed by atoms with Gasteiger partial charge in [-0.3, -0.25) is 0 Å². The van der Waals surface area contributed by atoms with Crippen LogP contribution in [0.2, 0.25) is 0 Å². The topological polar surface area (TPSA) is 91.6 Å². The van der Waals surface area contributed by atoms with Crippen molar-refractivity contribution in [3.8, 4) is 11.6 Å². The van der Waals surface area contributed by atoms with Gasteiger partial charge in [0.25, 0.3) is 0 Å². The van der Waals surface area contributed by atoms with Crippen molar-refractivity contribution in [2.24, 2.45) is 10.3 Å². The van der Waals surface area contributed by atoms with E-state index < -0.39 is 5.97 Å². The van der Waals surface area contributed by atoms with E-state index in [0.717, 1.165) is 11.1 Å². The lowest BCUT2D eigenvalue weighted by Gasteiger charge is -2.14. The van der Waals surface area contributed by atoms with Gasteiger partial charge in [0, 0.05) is 5.56 Å². The van der Waals surface area contributed by atoms with Crippen LogP contribution in [0.1, 0.15) is 43.2 Å². The van der Waals surface area contributed by atoms with Gasteiger partial charge < -0.3 is 19.1 Å². The Morgan fingerprint density at radius 2 is 1.60 bits per heavy atom. The van der Waals surface area contributed by atoms with Crippen LogP contribution in [-0.2, 0) is 19.2 Å². The molecule has 0 radical (unpaired) electrons. The van der Waals surface area contributed by atoms with Crippen LogP contribution in [0.4, 0.5) is 0 Å². The summed E-state index contributed by atoms with van der Waals surface area (Å²) in [7, 11) is 4.10. The van der Waals surface area contributed by atoms with Crippen LogP contribution in [0.3, 0.4) is 0 Å². The summed E-state index contributed by atoms with van der Waals surface area (Å²) < 4.78 is 10.8. The Hall–Kier alpha value is -3.42. The number of ether oxygens (including phenoxy) is 2. The molecule has 0 N–H and O–H groups in total. The standard InChI is InChI=1S/C20H23N3O5.C2H6/c1-12-11-13(2)19(21-17(12)14(3)22-26-5)28-16-10-8-7-9-15(16)18(23-27-6)20(24)25-4;1-2/h7-11H,1-6H3;1-2H3/b22-14-,23-18+;. The molecule has 2 rings (SSSR count). The average molecular weight is 415 g/mol. The van der Waals surface area contributed by atoms with Gasteiger partial charge in [-0.1, -0.05) is 36.3 Å². The molecular formula is C22H29N3O5. The molecule has 2 aromatic rings. The Bertz CT molecular complexity index is 923. The molecule has 0 bridgehead atoms. The third kappa shape index (κ3) is 6.04. The second-order valence-electron chi connectivity index (χ2n) is 5.85. The zero-order chi connectivity index (χ0) is 22.7. The summed E-state index contributed by atoms with van der Waals surface area (Å²) >= 11 is 0. The molecule has 0 atom stereocenters. The van der Waals surface area contributed by atoms with Crippen LogP contribution in [0.25, 0.3) is 0 Å². The van der Waals surface area contributed by atoms with Crippen molar-refractivity contribution >= 4 is 17.4 Å². The molecule has 0 aliphatic heterocycles. The van der Waals surface area contributed by atoms with Crippen LogP contribution in [0.15, 0.2) is 40.6 Å². The largest absolute Gasteiger partial charge is 0.464 e. The lowest BCUT2D eigenvalue weighted by Crippen LogP contribution is -2.18. The number of methoxy groups -OCH3 is 1. The number of aromatic nitrogens is 1. The summed E-state index contributed by atoms with van der Waals surface area (Å²) in [4.78, 5) is 26.3. The summed E-state index contributed by atoms with van der Waals surface area (Å²) in [5.41, 5.74) is 3.44. The van der Waals surface area contributed by atoms with Crippen molar-refractivity contribution < 1.29 is 23.9 Å². The number of benzene rings is 1.